The molecule has 0 radical (unpaired) electrons. The fourth-order valence-electron chi connectivity index (χ4n) is 2.52. The zero-order chi connectivity index (χ0) is 11.7. The highest BCUT2D eigenvalue weighted by Crippen LogP contribution is 2.21. The lowest BCUT2D eigenvalue weighted by Crippen LogP contribution is -2.36. The molecule has 0 aromatic carbocycles. The van der Waals surface area contributed by atoms with E-state index in [1.165, 1.54) is 23.2 Å². The zero-order valence-electron chi connectivity index (χ0n) is 9.94. The van der Waals surface area contributed by atoms with E-state index in [4.69, 9.17) is 4.42 Å². The summed E-state index contributed by atoms with van der Waals surface area (Å²) in [5.41, 5.74) is 3.87. The van der Waals surface area contributed by atoms with E-state index in [-0.39, 0.29) is 0 Å². The van der Waals surface area contributed by atoms with E-state index in [9.17, 15) is 0 Å². The van der Waals surface area contributed by atoms with Crippen LogP contribution in [0, 0.1) is 0 Å². The number of aryl methyl sites for hydroxylation is 1. The van der Waals surface area contributed by atoms with Gasteiger partial charge in [0, 0.05) is 29.8 Å². The minimum absolute atomic E-state index is 0.336. The smallest absolute Gasteiger partial charge is 0.0950 e. The molecule has 0 spiro atoms. The zero-order valence-corrected chi connectivity index (χ0v) is 9.94. The second-order valence-electron chi connectivity index (χ2n) is 4.76. The van der Waals surface area contributed by atoms with E-state index in [1.54, 1.807) is 6.26 Å². The van der Waals surface area contributed by atoms with Crippen LogP contribution in [-0.4, -0.2) is 16.2 Å². The SMILES string of the molecule is CC(NC1CCc2cn[nH]c2C1)c1ccoc1. The number of rotatable bonds is 3. The molecule has 2 aromatic rings. The van der Waals surface area contributed by atoms with Gasteiger partial charge < -0.3 is 9.73 Å². The molecule has 1 aliphatic rings. The third kappa shape index (κ3) is 2.13. The average Bonchev–Trinajstić information content (AvgIpc) is 2.99. The monoisotopic (exact) mass is 231 g/mol. The number of aromatic nitrogens is 2. The molecule has 4 nitrogen and oxygen atoms in total. The van der Waals surface area contributed by atoms with Crippen LogP contribution in [0.5, 0.6) is 0 Å². The van der Waals surface area contributed by atoms with Crippen LogP contribution >= 0.6 is 0 Å². The summed E-state index contributed by atoms with van der Waals surface area (Å²) >= 11 is 0. The highest BCUT2D eigenvalue weighted by Gasteiger charge is 2.21. The Kier molecular flexibility index (Phi) is 2.73. The maximum atomic E-state index is 5.11. The molecule has 0 amide bonds. The average molecular weight is 231 g/mol. The van der Waals surface area contributed by atoms with Gasteiger partial charge in [-0.05, 0) is 31.4 Å². The maximum absolute atomic E-state index is 5.11. The van der Waals surface area contributed by atoms with Crippen LogP contribution in [0.2, 0.25) is 0 Å². The van der Waals surface area contributed by atoms with Gasteiger partial charge in [0.2, 0.25) is 0 Å². The van der Waals surface area contributed by atoms with Gasteiger partial charge in [-0.25, -0.2) is 0 Å². The molecule has 90 valence electrons. The van der Waals surface area contributed by atoms with Crippen molar-refractivity contribution in [2.45, 2.75) is 38.3 Å². The highest BCUT2D eigenvalue weighted by atomic mass is 16.3. The Balaban J connectivity index is 1.64. The number of fused-ring (bicyclic) bond motifs is 1. The third-order valence-electron chi connectivity index (χ3n) is 3.55. The Morgan fingerprint density at radius 2 is 2.53 bits per heavy atom. The molecule has 2 atom stereocenters. The van der Waals surface area contributed by atoms with Crippen molar-refractivity contribution in [1.82, 2.24) is 15.5 Å². The van der Waals surface area contributed by atoms with Crippen LogP contribution in [0.25, 0.3) is 0 Å². The Bertz CT molecular complexity index is 475. The summed E-state index contributed by atoms with van der Waals surface area (Å²) in [6.45, 7) is 2.17. The molecule has 4 heteroatoms. The Hall–Kier alpha value is -1.55. The fourth-order valence-corrected chi connectivity index (χ4v) is 2.52. The lowest BCUT2D eigenvalue weighted by Gasteiger charge is -2.26. The van der Waals surface area contributed by atoms with Gasteiger partial charge in [0.05, 0.1) is 18.7 Å². The molecule has 2 heterocycles. The molecule has 0 bridgehead atoms. The minimum Gasteiger partial charge on any atom is -0.472 e. The van der Waals surface area contributed by atoms with Crippen molar-refractivity contribution < 1.29 is 4.42 Å². The van der Waals surface area contributed by atoms with Crippen LogP contribution in [-0.2, 0) is 12.8 Å². The van der Waals surface area contributed by atoms with E-state index in [1.807, 2.05) is 18.5 Å². The summed E-state index contributed by atoms with van der Waals surface area (Å²) < 4.78 is 5.11. The molecule has 2 unspecified atom stereocenters. The van der Waals surface area contributed by atoms with Gasteiger partial charge in [-0.3, -0.25) is 5.10 Å². The van der Waals surface area contributed by atoms with Gasteiger partial charge in [0.1, 0.15) is 0 Å². The van der Waals surface area contributed by atoms with Crippen molar-refractivity contribution in [3.63, 3.8) is 0 Å². The summed E-state index contributed by atoms with van der Waals surface area (Å²) in [7, 11) is 0. The van der Waals surface area contributed by atoms with Gasteiger partial charge in [-0.1, -0.05) is 0 Å². The fraction of sp³-hybridized carbons (Fsp3) is 0.462. The maximum Gasteiger partial charge on any atom is 0.0950 e. The largest absolute Gasteiger partial charge is 0.472 e. The van der Waals surface area contributed by atoms with Gasteiger partial charge in [0.15, 0.2) is 0 Å². The molecule has 0 aliphatic heterocycles. The predicted molar refractivity (Wildman–Crippen MR) is 64.7 cm³/mol. The molecule has 0 saturated carbocycles. The number of nitrogens with one attached hydrogen (secondary N) is 2. The first-order valence-corrected chi connectivity index (χ1v) is 6.12. The van der Waals surface area contributed by atoms with E-state index in [2.05, 4.69) is 22.4 Å². The van der Waals surface area contributed by atoms with Gasteiger partial charge in [-0.15, -0.1) is 0 Å². The Labute approximate surface area is 100 Å². The van der Waals surface area contributed by atoms with Crippen LogP contribution in [0.3, 0.4) is 0 Å². The molecular weight excluding hydrogens is 214 g/mol. The topological polar surface area (TPSA) is 53.9 Å². The first kappa shape index (κ1) is 10.6. The highest BCUT2D eigenvalue weighted by molar-refractivity contribution is 5.21. The molecule has 0 saturated heterocycles. The van der Waals surface area contributed by atoms with Crippen LogP contribution in [0.4, 0.5) is 0 Å². The van der Waals surface area contributed by atoms with E-state index < -0.39 is 0 Å². The second-order valence-corrected chi connectivity index (χ2v) is 4.76. The third-order valence-corrected chi connectivity index (χ3v) is 3.55. The minimum atomic E-state index is 0.336. The summed E-state index contributed by atoms with van der Waals surface area (Å²) in [6, 6.07) is 2.87. The van der Waals surface area contributed by atoms with Crippen molar-refractivity contribution in [3.8, 4) is 0 Å². The summed E-state index contributed by atoms with van der Waals surface area (Å²) in [5.74, 6) is 0. The molecule has 2 aromatic heterocycles. The summed E-state index contributed by atoms with van der Waals surface area (Å²) in [6.07, 6.45) is 8.81. The van der Waals surface area contributed by atoms with Crippen molar-refractivity contribution in [2.24, 2.45) is 0 Å². The first-order valence-electron chi connectivity index (χ1n) is 6.12. The lowest BCUT2D eigenvalue weighted by molar-refractivity contribution is 0.409. The van der Waals surface area contributed by atoms with E-state index in [0.29, 0.717) is 12.1 Å². The standard InChI is InChI=1S/C13H17N3O/c1-9(11-4-5-17-8-11)15-12-3-2-10-7-14-16-13(10)6-12/h4-5,7-9,12,15H,2-3,6H2,1H3,(H,14,16). The van der Waals surface area contributed by atoms with Crippen molar-refractivity contribution in [3.05, 3.63) is 41.6 Å². The number of aromatic amines is 1. The summed E-state index contributed by atoms with van der Waals surface area (Å²) in [4.78, 5) is 0. The Morgan fingerprint density at radius 1 is 1.59 bits per heavy atom. The molecule has 3 rings (SSSR count). The predicted octanol–water partition coefficient (Wildman–Crippen LogP) is 2.21. The van der Waals surface area contributed by atoms with Crippen LogP contribution in [0.15, 0.2) is 29.2 Å². The number of H-pyrrole nitrogens is 1. The van der Waals surface area contributed by atoms with E-state index in [0.717, 1.165) is 12.8 Å². The molecule has 2 N–H and O–H groups in total. The normalized spacial score (nSPS) is 21.1. The van der Waals surface area contributed by atoms with Gasteiger partial charge >= 0.3 is 0 Å². The number of hydrogen-bond donors (Lipinski definition) is 2. The molecule has 17 heavy (non-hydrogen) atoms. The van der Waals surface area contributed by atoms with Crippen LogP contribution in [0.1, 0.15) is 36.2 Å². The first-order chi connectivity index (χ1) is 8.33. The number of nitrogens with zero attached hydrogens (tertiary/aromatic N) is 1. The van der Waals surface area contributed by atoms with Gasteiger partial charge in [0.25, 0.3) is 0 Å². The quantitative estimate of drug-likeness (QED) is 0.851. The second kappa shape index (κ2) is 4.37. The summed E-state index contributed by atoms with van der Waals surface area (Å²) in [5, 5.41) is 10.8. The molecular formula is C13H17N3O. The van der Waals surface area contributed by atoms with Crippen molar-refractivity contribution in [1.29, 1.82) is 0 Å². The van der Waals surface area contributed by atoms with E-state index >= 15 is 0 Å². The number of hydrogen-bond acceptors (Lipinski definition) is 3. The molecule has 1 aliphatic carbocycles. The van der Waals surface area contributed by atoms with Crippen LogP contribution < -0.4 is 5.32 Å². The Morgan fingerprint density at radius 3 is 3.35 bits per heavy atom. The van der Waals surface area contributed by atoms with Gasteiger partial charge in [-0.2, -0.15) is 5.10 Å². The lowest BCUT2D eigenvalue weighted by atomic mass is 9.93. The number of furan rings is 1. The van der Waals surface area contributed by atoms with Crippen molar-refractivity contribution in [2.75, 3.05) is 0 Å². The van der Waals surface area contributed by atoms with Crippen molar-refractivity contribution >= 4 is 0 Å². The molecule has 0 fully saturated rings.